The van der Waals surface area contributed by atoms with Crippen molar-refractivity contribution in [3.8, 4) is 11.5 Å². The summed E-state index contributed by atoms with van der Waals surface area (Å²) in [6, 6.07) is 14.5. The highest BCUT2D eigenvalue weighted by atomic mass is 16.5. The molecule has 0 atom stereocenters. The minimum Gasteiger partial charge on any atom is -0.497 e. The van der Waals surface area contributed by atoms with E-state index in [1.165, 1.54) is 16.5 Å². The van der Waals surface area contributed by atoms with Crippen LogP contribution in [0.4, 0.5) is 0 Å². The van der Waals surface area contributed by atoms with Crippen molar-refractivity contribution in [1.82, 2.24) is 0 Å². The van der Waals surface area contributed by atoms with E-state index < -0.39 is 0 Å². The number of hydrogen-bond donors (Lipinski definition) is 0. The highest BCUT2D eigenvalue weighted by molar-refractivity contribution is 6.85. The van der Waals surface area contributed by atoms with Crippen LogP contribution in [-0.2, 0) is 6.42 Å². The second-order valence-corrected chi connectivity index (χ2v) is 5.41. The van der Waals surface area contributed by atoms with Gasteiger partial charge in [-0.15, -0.1) is 13.2 Å². The molecule has 2 aromatic carbocycles. The lowest BCUT2D eigenvalue weighted by Crippen LogP contribution is -2.43. The van der Waals surface area contributed by atoms with Crippen LogP contribution in [0, 0.1) is 0 Å². The average Bonchev–Trinajstić information content (AvgIpc) is 2.60. The van der Waals surface area contributed by atoms with E-state index in [9.17, 15) is 0 Å². The lowest BCUT2D eigenvalue weighted by Gasteiger charge is -2.18. The van der Waals surface area contributed by atoms with Crippen LogP contribution in [-0.4, -0.2) is 20.9 Å². The third-order valence-corrected chi connectivity index (χ3v) is 4.01. The van der Waals surface area contributed by atoms with Gasteiger partial charge in [0.15, 0.2) is 0 Å². The number of allylic oxidation sites excluding steroid dienone is 2. The van der Waals surface area contributed by atoms with Crippen molar-refractivity contribution >= 4 is 17.6 Å². The molecule has 2 nitrogen and oxygen atoms in total. The van der Waals surface area contributed by atoms with Gasteiger partial charge in [-0.2, -0.15) is 0 Å². The van der Waals surface area contributed by atoms with Crippen LogP contribution in [0.25, 0.3) is 0 Å². The highest BCUT2D eigenvalue weighted by Crippen LogP contribution is 2.15. The third kappa shape index (κ3) is 4.07. The molecule has 0 saturated heterocycles. The van der Waals surface area contributed by atoms with Crippen molar-refractivity contribution in [2.45, 2.75) is 12.7 Å². The monoisotopic (exact) mass is 306 g/mol. The van der Waals surface area contributed by atoms with Crippen LogP contribution in [0.5, 0.6) is 11.5 Å². The Kier molecular flexibility index (Phi) is 6.10. The zero-order chi connectivity index (χ0) is 16.7. The van der Waals surface area contributed by atoms with Gasteiger partial charge in [0.2, 0.25) is 6.71 Å². The van der Waals surface area contributed by atoms with Gasteiger partial charge in [-0.1, -0.05) is 41.3 Å². The molecule has 0 amide bonds. The van der Waals surface area contributed by atoms with Crippen LogP contribution in [0.2, 0.25) is 6.32 Å². The van der Waals surface area contributed by atoms with Crippen molar-refractivity contribution in [2.75, 3.05) is 14.2 Å². The topological polar surface area (TPSA) is 18.5 Å². The summed E-state index contributed by atoms with van der Waals surface area (Å²) >= 11 is 0. The Bertz CT molecular complexity index is 662. The molecule has 2 aromatic rings. The lowest BCUT2D eigenvalue weighted by atomic mass is 9.38. The van der Waals surface area contributed by atoms with Gasteiger partial charge in [-0.05, 0) is 42.6 Å². The second kappa shape index (κ2) is 8.28. The fourth-order valence-corrected chi connectivity index (χ4v) is 2.83. The fraction of sp³-hybridized carbons (Fsp3) is 0.200. The molecule has 3 heteroatoms. The van der Waals surface area contributed by atoms with Gasteiger partial charge in [-0.25, -0.2) is 0 Å². The molecular formula is C20H23BO2. The summed E-state index contributed by atoms with van der Waals surface area (Å²) < 4.78 is 10.6. The zero-order valence-electron chi connectivity index (χ0n) is 13.9. The van der Waals surface area contributed by atoms with E-state index in [1.54, 1.807) is 14.2 Å². The zero-order valence-corrected chi connectivity index (χ0v) is 13.9. The third-order valence-electron chi connectivity index (χ3n) is 4.01. The molecule has 0 aliphatic carbocycles. The van der Waals surface area contributed by atoms with Gasteiger partial charge in [0.25, 0.3) is 0 Å². The molecule has 0 unspecified atom stereocenters. The Labute approximate surface area is 139 Å². The standard InChI is InChI=1S/C20H23BO2/c1-5-7-16-15-19(23-4)12-13-20(16)21(14-6-2)17-8-10-18(22-3)11-9-17/h5-6,8-13,15H,1-2,7,14H2,3-4H3. The normalized spacial score (nSPS) is 10.0. The molecule has 0 heterocycles. The summed E-state index contributed by atoms with van der Waals surface area (Å²) in [5, 5.41) is 0. The molecule has 0 radical (unpaired) electrons. The molecule has 0 aromatic heterocycles. The molecular weight excluding hydrogens is 283 g/mol. The van der Waals surface area contributed by atoms with Crippen LogP contribution >= 0.6 is 0 Å². The average molecular weight is 306 g/mol. The number of methoxy groups -OCH3 is 2. The van der Waals surface area contributed by atoms with E-state index in [1.807, 2.05) is 30.4 Å². The van der Waals surface area contributed by atoms with E-state index in [2.05, 4.69) is 37.4 Å². The summed E-state index contributed by atoms with van der Waals surface area (Å²) in [7, 11) is 3.37. The predicted octanol–water partition coefficient (Wildman–Crippen LogP) is 3.23. The van der Waals surface area contributed by atoms with Crippen LogP contribution < -0.4 is 20.4 Å². The summed E-state index contributed by atoms with van der Waals surface area (Å²) in [4.78, 5) is 0. The molecule has 23 heavy (non-hydrogen) atoms. The summed E-state index contributed by atoms with van der Waals surface area (Å²) in [6.45, 7) is 8.06. The number of hydrogen-bond acceptors (Lipinski definition) is 2. The van der Waals surface area contributed by atoms with Gasteiger partial charge in [0.1, 0.15) is 11.5 Å². The summed E-state index contributed by atoms with van der Waals surface area (Å²) in [6.07, 6.45) is 5.59. The Morgan fingerprint density at radius 3 is 2.13 bits per heavy atom. The molecule has 118 valence electrons. The van der Waals surface area contributed by atoms with E-state index in [0.717, 1.165) is 24.2 Å². The molecule has 2 rings (SSSR count). The van der Waals surface area contributed by atoms with E-state index in [0.29, 0.717) is 0 Å². The Morgan fingerprint density at radius 1 is 0.913 bits per heavy atom. The second-order valence-electron chi connectivity index (χ2n) is 5.41. The van der Waals surface area contributed by atoms with Crippen molar-refractivity contribution < 1.29 is 9.47 Å². The maximum Gasteiger partial charge on any atom is 0.213 e. The Morgan fingerprint density at radius 2 is 1.57 bits per heavy atom. The van der Waals surface area contributed by atoms with Crippen molar-refractivity contribution in [1.29, 1.82) is 0 Å². The lowest BCUT2D eigenvalue weighted by molar-refractivity contribution is 0.414. The predicted molar refractivity (Wildman–Crippen MR) is 99.9 cm³/mol. The first kappa shape index (κ1) is 16.9. The minimum absolute atomic E-state index is 0.263. The van der Waals surface area contributed by atoms with Crippen molar-refractivity contribution in [2.24, 2.45) is 0 Å². The Hall–Kier alpha value is -2.42. The SMILES string of the molecule is C=CCB(c1ccc(OC)cc1)c1ccc(OC)cc1CC=C. The maximum atomic E-state index is 5.36. The number of rotatable bonds is 8. The Balaban J connectivity index is 2.46. The number of benzene rings is 2. The fourth-order valence-electron chi connectivity index (χ4n) is 2.83. The summed E-state index contributed by atoms with van der Waals surface area (Å²) in [5.74, 6) is 1.74. The first-order valence-corrected chi connectivity index (χ1v) is 7.76. The van der Waals surface area contributed by atoms with E-state index >= 15 is 0 Å². The number of ether oxygens (including phenoxy) is 2. The smallest absolute Gasteiger partial charge is 0.213 e. The molecule has 0 aliphatic heterocycles. The first-order chi connectivity index (χ1) is 11.2. The van der Waals surface area contributed by atoms with E-state index in [4.69, 9.17) is 9.47 Å². The quantitative estimate of drug-likeness (QED) is 0.551. The van der Waals surface area contributed by atoms with Gasteiger partial charge < -0.3 is 9.47 Å². The van der Waals surface area contributed by atoms with Crippen LogP contribution in [0.15, 0.2) is 67.8 Å². The van der Waals surface area contributed by atoms with Crippen molar-refractivity contribution in [3.63, 3.8) is 0 Å². The first-order valence-electron chi connectivity index (χ1n) is 7.76. The van der Waals surface area contributed by atoms with E-state index in [-0.39, 0.29) is 6.71 Å². The molecule has 0 fully saturated rings. The van der Waals surface area contributed by atoms with Gasteiger partial charge in [-0.3, -0.25) is 0 Å². The molecule has 0 N–H and O–H groups in total. The molecule has 0 aliphatic rings. The van der Waals surface area contributed by atoms with Gasteiger partial charge in [0.05, 0.1) is 14.2 Å². The van der Waals surface area contributed by atoms with Gasteiger partial charge >= 0.3 is 0 Å². The molecule has 0 saturated carbocycles. The largest absolute Gasteiger partial charge is 0.497 e. The highest BCUT2D eigenvalue weighted by Gasteiger charge is 2.20. The maximum absolute atomic E-state index is 5.36. The van der Waals surface area contributed by atoms with Crippen molar-refractivity contribution in [3.05, 3.63) is 73.3 Å². The van der Waals surface area contributed by atoms with Gasteiger partial charge in [0, 0.05) is 0 Å². The molecule has 0 bridgehead atoms. The van der Waals surface area contributed by atoms with Crippen LogP contribution in [0.1, 0.15) is 5.56 Å². The van der Waals surface area contributed by atoms with Crippen LogP contribution in [0.3, 0.4) is 0 Å². The molecule has 0 spiro atoms. The minimum atomic E-state index is 0.263. The summed E-state index contributed by atoms with van der Waals surface area (Å²) in [5.41, 5.74) is 3.78.